The third-order valence-electron chi connectivity index (χ3n) is 3.55. The van der Waals surface area contributed by atoms with E-state index in [0.717, 1.165) is 29.9 Å². The van der Waals surface area contributed by atoms with Crippen molar-refractivity contribution in [3.05, 3.63) is 28.7 Å². The van der Waals surface area contributed by atoms with Gasteiger partial charge in [0.25, 0.3) is 0 Å². The quantitative estimate of drug-likeness (QED) is 0.777. The Balaban J connectivity index is 1.60. The van der Waals surface area contributed by atoms with Gasteiger partial charge in [-0.15, -0.1) is 0 Å². The average Bonchev–Trinajstić information content (AvgIpc) is 3.09. The second kappa shape index (κ2) is 5.87. The molecule has 1 saturated carbocycles. The molecule has 1 aliphatic carbocycles. The topological polar surface area (TPSA) is 21.3 Å². The molecule has 17 heavy (non-hydrogen) atoms. The fourth-order valence-electron chi connectivity index (χ4n) is 1.98. The maximum atomic E-state index is 5.66. The number of nitrogens with one attached hydrogen (secondary N) is 1. The van der Waals surface area contributed by atoms with E-state index in [4.69, 9.17) is 4.74 Å². The Kier molecular flexibility index (Phi) is 4.46. The van der Waals surface area contributed by atoms with E-state index < -0.39 is 0 Å². The van der Waals surface area contributed by atoms with Gasteiger partial charge in [0.05, 0.1) is 0 Å². The smallest absolute Gasteiger partial charge is 0.120 e. The van der Waals surface area contributed by atoms with Crippen LogP contribution in [0.2, 0.25) is 0 Å². The van der Waals surface area contributed by atoms with E-state index in [2.05, 4.69) is 28.2 Å². The lowest BCUT2D eigenvalue weighted by atomic mass is 10.0. The lowest BCUT2D eigenvalue weighted by Gasteiger charge is -2.13. The third kappa shape index (κ3) is 4.00. The van der Waals surface area contributed by atoms with Crippen molar-refractivity contribution in [2.24, 2.45) is 5.41 Å². The molecule has 94 valence electrons. The predicted molar refractivity (Wildman–Crippen MR) is 74.5 cm³/mol. The summed E-state index contributed by atoms with van der Waals surface area (Å²) < 4.78 is 6.72. The summed E-state index contributed by atoms with van der Waals surface area (Å²) in [6.45, 7) is 5.09. The molecule has 0 amide bonds. The maximum Gasteiger partial charge on any atom is 0.120 e. The Morgan fingerprint density at radius 2 is 2.24 bits per heavy atom. The SMILES string of the molecule is CCC1(CNCCOc2cccc(Br)c2)CC1. The van der Waals surface area contributed by atoms with Crippen LogP contribution in [-0.4, -0.2) is 19.7 Å². The third-order valence-corrected chi connectivity index (χ3v) is 4.04. The monoisotopic (exact) mass is 297 g/mol. The summed E-state index contributed by atoms with van der Waals surface area (Å²) in [5.41, 5.74) is 0.621. The first kappa shape index (κ1) is 12.9. The predicted octanol–water partition coefficient (Wildman–Crippen LogP) is 3.61. The van der Waals surface area contributed by atoms with Gasteiger partial charge in [0, 0.05) is 17.6 Å². The summed E-state index contributed by atoms with van der Waals surface area (Å²) >= 11 is 3.43. The van der Waals surface area contributed by atoms with Crippen LogP contribution >= 0.6 is 15.9 Å². The van der Waals surface area contributed by atoms with Crippen LogP contribution in [0.1, 0.15) is 26.2 Å². The molecule has 0 spiro atoms. The Morgan fingerprint density at radius 3 is 2.88 bits per heavy atom. The lowest BCUT2D eigenvalue weighted by molar-refractivity contribution is 0.305. The highest BCUT2D eigenvalue weighted by Gasteiger charge is 2.39. The Labute approximate surface area is 112 Å². The van der Waals surface area contributed by atoms with Crippen molar-refractivity contribution in [2.45, 2.75) is 26.2 Å². The van der Waals surface area contributed by atoms with Gasteiger partial charge in [0.15, 0.2) is 0 Å². The van der Waals surface area contributed by atoms with Gasteiger partial charge in [-0.3, -0.25) is 0 Å². The van der Waals surface area contributed by atoms with Crippen molar-refractivity contribution in [1.82, 2.24) is 5.32 Å². The molecule has 3 heteroatoms. The molecule has 1 aromatic carbocycles. The number of ether oxygens (including phenoxy) is 1. The molecule has 0 radical (unpaired) electrons. The largest absolute Gasteiger partial charge is 0.492 e. The van der Waals surface area contributed by atoms with Gasteiger partial charge in [0.1, 0.15) is 12.4 Å². The van der Waals surface area contributed by atoms with Gasteiger partial charge in [-0.05, 0) is 42.9 Å². The van der Waals surface area contributed by atoms with Gasteiger partial charge in [-0.1, -0.05) is 28.9 Å². The molecule has 0 atom stereocenters. The van der Waals surface area contributed by atoms with Gasteiger partial charge in [-0.2, -0.15) is 0 Å². The Morgan fingerprint density at radius 1 is 1.41 bits per heavy atom. The first-order valence-corrected chi connectivity index (χ1v) is 7.12. The fraction of sp³-hybridized carbons (Fsp3) is 0.571. The van der Waals surface area contributed by atoms with Crippen molar-refractivity contribution >= 4 is 15.9 Å². The maximum absolute atomic E-state index is 5.66. The minimum Gasteiger partial charge on any atom is -0.492 e. The molecule has 0 aliphatic heterocycles. The van der Waals surface area contributed by atoms with Crippen molar-refractivity contribution < 1.29 is 4.74 Å². The van der Waals surface area contributed by atoms with E-state index >= 15 is 0 Å². The summed E-state index contributed by atoms with van der Waals surface area (Å²) in [5, 5.41) is 3.49. The molecule has 1 N–H and O–H groups in total. The van der Waals surface area contributed by atoms with Crippen LogP contribution in [0.3, 0.4) is 0 Å². The molecular formula is C14H20BrNO. The Hall–Kier alpha value is -0.540. The van der Waals surface area contributed by atoms with Gasteiger partial charge in [-0.25, -0.2) is 0 Å². The minimum atomic E-state index is 0.621. The fourth-order valence-corrected chi connectivity index (χ4v) is 2.36. The zero-order valence-corrected chi connectivity index (χ0v) is 11.9. The van der Waals surface area contributed by atoms with Crippen LogP contribution in [0.4, 0.5) is 0 Å². The standard InChI is InChI=1S/C14H20BrNO/c1-2-14(6-7-14)11-16-8-9-17-13-5-3-4-12(15)10-13/h3-5,10,16H,2,6-9,11H2,1H3. The molecule has 0 aromatic heterocycles. The number of halogens is 1. The van der Waals surface area contributed by atoms with Crippen molar-refractivity contribution in [3.8, 4) is 5.75 Å². The summed E-state index contributed by atoms with van der Waals surface area (Å²) in [5.74, 6) is 0.929. The second-order valence-corrected chi connectivity index (χ2v) is 5.75. The number of hydrogen-bond acceptors (Lipinski definition) is 2. The molecule has 0 bridgehead atoms. The van der Waals surface area contributed by atoms with Gasteiger partial charge < -0.3 is 10.1 Å². The van der Waals surface area contributed by atoms with Crippen LogP contribution in [0.5, 0.6) is 5.75 Å². The van der Waals surface area contributed by atoms with Crippen molar-refractivity contribution in [2.75, 3.05) is 19.7 Å². The molecule has 2 rings (SSSR count). The number of hydrogen-bond donors (Lipinski definition) is 1. The highest BCUT2D eigenvalue weighted by atomic mass is 79.9. The van der Waals surface area contributed by atoms with E-state index in [0.29, 0.717) is 5.41 Å². The molecule has 0 heterocycles. The number of benzene rings is 1. The van der Waals surface area contributed by atoms with Crippen molar-refractivity contribution in [3.63, 3.8) is 0 Å². The summed E-state index contributed by atoms with van der Waals surface area (Å²) in [7, 11) is 0. The highest BCUT2D eigenvalue weighted by molar-refractivity contribution is 9.10. The van der Waals surface area contributed by atoms with Gasteiger partial charge in [0.2, 0.25) is 0 Å². The summed E-state index contributed by atoms with van der Waals surface area (Å²) in [6.07, 6.45) is 4.08. The highest BCUT2D eigenvalue weighted by Crippen LogP contribution is 2.47. The van der Waals surface area contributed by atoms with Crippen LogP contribution in [0.15, 0.2) is 28.7 Å². The first-order valence-electron chi connectivity index (χ1n) is 6.33. The normalized spacial score (nSPS) is 16.8. The zero-order chi connectivity index (χ0) is 12.1. The van der Waals surface area contributed by atoms with Crippen LogP contribution < -0.4 is 10.1 Å². The summed E-state index contributed by atoms with van der Waals surface area (Å²) in [6, 6.07) is 7.97. The molecule has 2 nitrogen and oxygen atoms in total. The lowest BCUT2D eigenvalue weighted by Crippen LogP contribution is -2.27. The number of rotatable bonds is 7. The average molecular weight is 298 g/mol. The molecule has 0 saturated heterocycles. The van der Waals surface area contributed by atoms with E-state index in [1.165, 1.54) is 19.3 Å². The molecule has 0 unspecified atom stereocenters. The van der Waals surface area contributed by atoms with E-state index in [9.17, 15) is 0 Å². The summed E-state index contributed by atoms with van der Waals surface area (Å²) in [4.78, 5) is 0. The van der Waals surface area contributed by atoms with Crippen LogP contribution in [-0.2, 0) is 0 Å². The molecule has 1 aliphatic rings. The zero-order valence-electron chi connectivity index (χ0n) is 10.3. The minimum absolute atomic E-state index is 0.621. The van der Waals surface area contributed by atoms with E-state index in [1.54, 1.807) is 0 Å². The molecular weight excluding hydrogens is 278 g/mol. The van der Waals surface area contributed by atoms with Crippen LogP contribution in [0.25, 0.3) is 0 Å². The van der Waals surface area contributed by atoms with Crippen molar-refractivity contribution in [1.29, 1.82) is 0 Å². The van der Waals surface area contributed by atoms with E-state index in [-0.39, 0.29) is 0 Å². The van der Waals surface area contributed by atoms with E-state index in [1.807, 2.05) is 24.3 Å². The first-order chi connectivity index (χ1) is 8.24. The second-order valence-electron chi connectivity index (χ2n) is 4.84. The Bertz CT molecular complexity index is 363. The van der Waals surface area contributed by atoms with Crippen LogP contribution in [0, 0.1) is 5.41 Å². The molecule has 1 fully saturated rings. The van der Waals surface area contributed by atoms with Gasteiger partial charge >= 0.3 is 0 Å². The molecule has 1 aromatic rings.